The van der Waals surface area contributed by atoms with Crippen molar-refractivity contribution in [2.24, 2.45) is 0 Å². The Labute approximate surface area is 89.6 Å². The molecule has 3 nitrogen and oxygen atoms in total. The standard InChI is InChI=1S/C12H15NO2/c1-4-7-13(3)12(15)10-6-5-9(2)8-11(10)14/h4-6,8,14H,1,7H2,2-3H3. The van der Waals surface area contributed by atoms with Gasteiger partial charge in [0.15, 0.2) is 0 Å². The van der Waals surface area contributed by atoms with Crippen molar-refractivity contribution < 1.29 is 9.90 Å². The maximum absolute atomic E-state index is 11.8. The number of benzene rings is 1. The number of phenolic OH excluding ortho intramolecular Hbond substituents is 1. The van der Waals surface area contributed by atoms with E-state index in [0.717, 1.165) is 5.56 Å². The highest BCUT2D eigenvalue weighted by atomic mass is 16.3. The van der Waals surface area contributed by atoms with E-state index in [2.05, 4.69) is 6.58 Å². The van der Waals surface area contributed by atoms with Crippen LogP contribution in [-0.4, -0.2) is 29.5 Å². The molecule has 0 aliphatic heterocycles. The highest BCUT2D eigenvalue weighted by molar-refractivity contribution is 5.96. The first-order valence-electron chi connectivity index (χ1n) is 4.72. The number of nitrogens with zero attached hydrogens (tertiary/aromatic N) is 1. The topological polar surface area (TPSA) is 40.5 Å². The number of likely N-dealkylation sites (N-methyl/N-ethyl adjacent to an activating group) is 1. The van der Waals surface area contributed by atoms with E-state index in [4.69, 9.17) is 0 Å². The number of phenols is 1. The molecule has 0 bridgehead atoms. The molecule has 0 fully saturated rings. The van der Waals surface area contributed by atoms with Crippen LogP contribution in [0.3, 0.4) is 0 Å². The fourth-order valence-electron chi connectivity index (χ4n) is 1.30. The van der Waals surface area contributed by atoms with Crippen molar-refractivity contribution in [1.29, 1.82) is 0 Å². The van der Waals surface area contributed by atoms with Gasteiger partial charge in [0.05, 0.1) is 5.56 Å². The van der Waals surface area contributed by atoms with Crippen molar-refractivity contribution in [2.75, 3.05) is 13.6 Å². The highest BCUT2D eigenvalue weighted by Crippen LogP contribution is 2.19. The summed E-state index contributed by atoms with van der Waals surface area (Å²) < 4.78 is 0. The Kier molecular flexibility index (Phi) is 3.50. The number of hydrogen-bond donors (Lipinski definition) is 1. The second-order valence-corrected chi connectivity index (χ2v) is 3.49. The van der Waals surface area contributed by atoms with Gasteiger partial charge in [0.25, 0.3) is 5.91 Å². The van der Waals surface area contributed by atoms with Gasteiger partial charge < -0.3 is 10.0 Å². The largest absolute Gasteiger partial charge is 0.507 e. The van der Waals surface area contributed by atoms with Gasteiger partial charge in [0.2, 0.25) is 0 Å². The Morgan fingerprint density at radius 1 is 1.60 bits per heavy atom. The van der Waals surface area contributed by atoms with Gasteiger partial charge in [-0.25, -0.2) is 0 Å². The maximum atomic E-state index is 11.8. The minimum Gasteiger partial charge on any atom is -0.507 e. The lowest BCUT2D eigenvalue weighted by molar-refractivity contribution is 0.0807. The first-order chi connectivity index (χ1) is 7.06. The smallest absolute Gasteiger partial charge is 0.257 e. The number of carbonyl (C=O) groups excluding carboxylic acids is 1. The van der Waals surface area contributed by atoms with Crippen LogP contribution in [0.15, 0.2) is 30.9 Å². The lowest BCUT2D eigenvalue weighted by Gasteiger charge is -2.15. The third-order valence-electron chi connectivity index (χ3n) is 2.13. The van der Waals surface area contributed by atoms with E-state index < -0.39 is 0 Å². The second-order valence-electron chi connectivity index (χ2n) is 3.49. The summed E-state index contributed by atoms with van der Waals surface area (Å²) in [5.74, 6) is -0.177. The molecule has 0 aliphatic carbocycles. The number of carbonyl (C=O) groups is 1. The molecule has 1 rings (SSSR count). The van der Waals surface area contributed by atoms with Crippen LogP contribution >= 0.6 is 0 Å². The molecule has 1 aromatic rings. The third-order valence-corrected chi connectivity index (χ3v) is 2.13. The molecule has 0 spiro atoms. The fourth-order valence-corrected chi connectivity index (χ4v) is 1.30. The van der Waals surface area contributed by atoms with E-state index in [-0.39, 0.29) is 11.7 Å². The molecule has 0 saturated carbocycles. The normalized spacial score (nSPS) is 9.73. The molecule has 1 aromatic carbocycles. The van der Waals surface area contributed by atoms with E-state index in [9.17, 15) is 9.90 Å². The number of aromatic hydroxyl groups is 1. The van der Waals surface area contributed by atoms with Gasteiger partial charge in [0, 0.05) is 13.6 Å². The van der Waals surface area contributed by atoms with Crippen LogP contribution in [-0.2, 0) is 0 Å². The quantitative estimate of drug-likeness (QED) is 0.766. The maximum Gasteiger partial charge on any atom is 0.257 e. The zero-order valence-electron chi connectivity index (χ0n) is 9.03. The lowest BCUT2D eigenvalue weighted by Crippen LogP contribution is -2.26. The molecule has 1 amide bonds. The molecular formula is C12H15NO2. The van der Waals surface area contributed by atoms with E-state index in [1.807, 2.05) is 6.92 Å². The first kappa shape index (κ1) is 11.3. The average molecular weight is 205 g/mol. The zero-order chi connectivity index (χ0) is 11.4. The fraction of sp³-hybridized carbons (Fsp3) is 0.250. The first-order valence-corrected chi connectivity index (χ1v) is 4.72. The summed E-state index contributed by atoms with van der Waals surface area (Å²) in [4.78, 5) is 13.3. The van der Waals surface area contributed by atoms with Crippen LogP contribution in [0.2, 0.25) is 0 Å². The van der Waals surface area contributed by atoms with E-state index in [1.54, 1.807) is 31.3 Å². The monoisotopic (exact) mass is 205 g/mol. The van der Waals surface area contributed by atoms with E-state index in [1.165, 1.54) is 4.90 Å². The summed E-state index contributed by atoms with van der Waals surface area (Å²) >= 11 is 0. The summed E-state index contributed by atoms with van der Waals surface area (Å²) in [7, 11) is 1.67. The molecule has 1 N–H and O–H groups in total. The van der Waals surface area contributed by atoms with Crippen LogP contribution in [0.25, 0.3) is 0 Å². The molecule has 0 saturated heterocycles. The Balaban J connectivity index is 2.96. The van der Waals surface area contributed by atoms with Crippen LogP contribution < -0.4 is 0 Å². The summed E-state index contributed by atoms with van der Waals surface area (Å²) in [6, 6.07) is 5.01. The molecule has 0 aromatic heterocycles. The minimum absolute atomic E-state index is 0.0240. The lowest BCUT2D eigenvalue weighted by atomic mass is 10.1. The van der Waals surface area contributed by atoms with E-state index >= 15 is 0 Å². The molecule has 0 radical (unpaired) electrons. The third kappa shape index (κ3) is 2.59. The Bertz CT molecular complexity index is 385. The van der Waals surface area contributed by atoms with Gasteiger partial charge in [-0.1, -0.05) is 12.1 Å². The number of amides is 1. The molecular weight excluding hydrogens is 190 g/mol. The van der Waals surface area contributed by atoms with Crippen molar-refractivity contribution in [1.82, 2.24) is 4.90 Å². The van der Waals surface area contributed by atoms with Crippen LogP contribution in [0.5, 0.6) is 5.75 Å². The minimum atomic E-state index is -0.201. The van der Waals surface area contributed by atoms with Gasteiger partial charge in [-0.15, -0.1) is 6.58 Å². The van der Waals surface area contributed by atoms with Crippen molar-refractivity contribution >= 4 is 5.91 Å². The van der Waals surface area contributed by atoms with Crippen molar-refractivity contribution in [3.63, 3.8) is 0 Å². The van der Waals surface area contributed by atoms with Crippen LogP contribution in [0.4, 0.5) is 0 Å². The molecule has 0 unspecified atom stereocenters. The van der Waals surface area contributed by atoms with Crippen molar-refractivity contribution in [3.8, 4) is 5.75 Å². The van der Waals surface area contributed by atoms with Crippen molar-refractivity contribution in [3.05, 3.63) is 42.0 Å². The average Bonchev–Trinajstić information content (AvgIpc) is 2.17. The van der Waals surface area contributed by atoms with Gasteiger partial charge in [-0.05, 0) is 24.6 Å². The SMILES string of the molecule is C=CCN(C)C(=O)c1ccc(C)cc1O. The summed E-state index contributed by atoms with van der Waals surface area (Å²) in [6.07, 6.45) is 1.64. The molecule has 80 valence electrons. The molecule has 0 aliphatic rings. The predicted molar refractivity (Wildman–Crippen MR) is 60.0 cm³/mol. The highest BCUT2D eigenvalue weighted by Gasteiger charge is 2.14. The van der Waals surface area contributed by atoms with Crippen LogP contribution in [0.1, 0.15) is 15.9 Å². The van der Waals surface area contributed by atoms with E-state index in [0.29, 0.717) is 12.1 Å². The molecule has 15 heavy (non-hydrogen) atoms. The summed E-state index contributed by atoms with van der Waals surface area (Å²) in [6.45, 7) is 5.88. The molecule has 0 atom stereocenters. The number of rotatable bonds is 3. The van der Waals surface area contributed by atoms with Gasteiger partial charge >= 0.3 is 0 Å². The second kappa shape index (κ2) is 4.64. The summed E-state index contributed by atoms with van der Waals surface area (Å²) in [5, 5.41) is 9.61. The molecule has 0 heterocycles. The Morgan fingerprint density at radius 2 is 2.27 bits per heavy atom. The van der Waals surface area contributed by atoms with Gasteiger partial charge in [-0.3, -0.25) is 4.79 Å². The molecule has 3 heteroatoms. The zero-order valence-corrected chi connectivity index (χ0v) is 9.03. The van der Waals surface area contributed by atoms with Crippen LogP contribution in [0, 0.1) is 6.92 Å². The van der Waals surface area contributed by atoms with Crippen molar-refractivity contribution in [2.45, 2.75) is 6.92 Å². The Hall–Kier alpha value is -1.77. The summed E-state index contributed by atoms with van der Waals surface area (Å²) in [5.41, 5.74) is 1.25. The Morgan fingerprint density at radius 3 is 2.80 bits per heavy atom. The van der Waals surface area contributed by atoms with Gasteiger partial charge in [0.1, 0.15) is 5.75 Å². The van der Waals surface area contributed by atoms with Gasteiger partial charge in [-0.2, -0.15) is 0 Å². The number of hydrogen-bond acceptors (Lipinski definition) is 2. The number of aryl methyl sites for hydroxylation is 1. The predicted octanol–water partition coefficient (Wildman–Crippen LogP) is 1.96.